The maximum atomic E-state index is 11.9. The van der Waals surface area contributed by atoms with Gasteiger partial charge in [0.25, 0.3) is 0 Å². The third-order valence-electron chi connectivity index (χ3n) is 3.68. The number of hydrogen-bond donors (Lipinski definition) is 2. The molecule has 1 heterocycles. The first kappa shape index (κ1) is 17.0. The van der Waals surface area contributed by atoms with E-state index in [4.69, 9.17) is 10.00 Å². The fourth-order valence-electron chi connectivity index (χ4n) is 2.26. The van der Waals surface area contributed by atoms with Crippen molar-refractivity contribution in [3.05, 3.63) is 72.1 Å². The Morgan fingerprint density at radius 2 is 1.77 bits per heavy atom. The van der Waals surface area contributed by atoms with E-state index in [1.165, 1.54) is 0 Å². The van der Waals surface area contributed by atoms with Gasteiger partial charge in [0.1, 0.15) is 11.5 Å². The van der Waals surface area contributed by atoms with Gasteiger partial charge < -0.3 is 15.4 Å². The van der Waals surface area contributed by atoms with Gasteiger partial charge in [-0.3, -0.25) is 4.68 Å². The molecule has 0 radical (unpaired) electrons. The summed E-state index contributed by atoms with van der Waals surface area (Å²) in [6.07, 6.45) is 1.68. The first-order chi connectivity index (χ1) is 12.6. The zero-order chi connectivity index (χ0) is 18.4. The highest BCUT2D eigenvalue weighted by molar-refractivity contribution is 5.89. The maximum absolute atomic E-state index is 11.9. The van der Waals surface area contributed by atoms with Gasteiger partial charge in [-0.15, -0.1) is 0 Å². The van der Waals surface area contributed by atoms with Crippen LogP contribution in [0.25, 0.3) is 0 Å². The molecule has 130 valence electrons. The van der Waals surface area contributed by atoms with Crippen LogP contribution in [0.15, 0.2) is 60.8 Å². The molecule has 2 N–H and O–H groups in total. The average molecular weight is 347 g/mol. The number of aromatic nitrogens is 2. The van der Waals surface area contributed by atoms with E-state index in [1.54, 1.807) is 59.4 Å². The number of anilines is 1. The van der Waals surface area contributed by atoms with Crippen molar-refractivity contribution in [2.45, 2.75) is 6.54 Å². The van der Waals surface area contributed by atoms with Gasteiger partial charge >= 0.3 is 6.03 Å². The number of rotatable bonds is 5. The van der Waals surface area contributed by atoms with E-state index in [0.29, 0.717) is 29.3 Å². The van der Waals surface area contributed by atoms with Crippen molar-refractivity contribution in [2.24, 2.45) is 7.05 Å². The summed E-state index contributed by atoms with van der Waals surface area (Å²) >= 11 is 0. The van der Waals surface area contributed by atoms with Crippen molar-refractivity contribution in [3.63, 3.8) is 0 Å². The van der Waals surface area contributed by atoms with Gasteiger partial charge in [0.15, 0.2) is 0 Å². The molecule has 0 atom stereocenters. The molecule has 2 amide bonds. The fourth-order valence-corrected chi connectivity index (χ4v) is 2.26. The Hall–Kier alpha value is -3.79. The highest BCUT2D eigenvalue weighted by Crippen LogP contribution is 2.23. The molecule has 3 aromatic rings. The second kappa shape index (κ2) is 7.85. The molecule has 0 fully saturated rings. The number of nitrogens with zero attached hydrogens (tertiary/aromatic N) is 3. The predicted octanol–water partition coefficient (Wildman–Crippen LogP) is 3.41. The van der Waals surface area contributed by atoms with Gasteiger partial charge in [0.2, 0.25) is 0 Å². The van der Waals surface area contributed by atoms with Gasteiger partial charge in [0, 0.05) is 18.9 Å². The number of benzene rings is 2. The lowest BCUT2D eigenvalue weighted by Gasteiger charge is -2.09. The smallest absolute Gasteiger partial charge is 0.319 e. The summed E-state index contributed by atoms with van der Waals surface area (Å²) in [6, 6.07) is 17.5. The van der Waals surface area contributed by atoms with E-state index in [1.807, 2.05) is 13.1 Å². The quantitative estimate of drug-likeness (QED) is 0.740. The maximum Gasteiger partial charge on any atom is 0.319 e. The highest BCUT2D eigenvalue weighted by atomic mass is 16.5. The minimum absolute atomic E-state index is 0.299. The molecule has 1 aromatic heterocycles. The van der Waals surface area contributed by atoms with Crippen LogP contribution >= 0.6 is 0 Å². The minimum atomic E-state index is -0.299. The van der Waals surface area contributed by atoms with Gasteiger partial charge in [-0.05, 0) is 54.6 Å². The SMILES string of the molecule is Cn1nccc1CNC(=O)Nc1ccc(Oc2ccc(C#N)cc2)cc1. The number of nitrogens with one attached hydrogen (secondary N) is 2. The predicted molar refractivity (Wildman–Crippen MR) is 96.7 cm³/mol. The summed E-state index contributed by atoms with van der Waals surface area (Å²) in [5.74, 6) is 1.27. The van der Waals surface area contributed by atoms with E-state index < -0.39 is 0 Å². The Labute approximate surface area is 150 Å². The van der Waals surface area contributed by atoms with Crippen LogP contribution in [0.1, 0.15) is 11.3 Å². The molecule has 3 rings (SSSR count). The molecule has 0 unspecified atom stereocenters. The zero-order valence-electron chi connectivity index (χ0n) is 14.1. The third kappa shape index (κ3) is 4.39. The lowest BCUT2D eigenvalue weighted by Crippen LogP contribution is -2.28. The van der Waals surface area contributed by atoms with Crippen LogP contribution in [0.3, 0.4) is 0 Å². The minimum Gasteiger partial charge on any atom is -0.457 e. The molecule has 0 saturated carbocycles. The van der Waals surface area contributed by atoms with Crippen LogP contribution in [0.2, 0.25) is 0 Å². The molecule has 7 nitrogen and oxygen atoms in total. The molecule has 2 aromatic carbocycles. The lowest BCUT2D eigenvalue weighted by atomic mass is 10.2. The summed E-state index contributed by atoms with van der Waals surface area (Å²) in [4.78, 5) is 11.9. The number of amides is 2. The van der Waals surface area contributed by atoms with Crippen LogP contribution < -0.4 is 15.4 Å². The monoisotopic (exact) mass is 347 g/mol. The average Bonchev–Trinajstić information content (AvgIpc) is 3.07. The number of urea groups is 1. The lowest BCUT2D eigenvalue weighted by molar-refractivity contribution is 0.251. The molecule has 0 spiro atoms. The Balaban J connectivity index is 1.52. The van der Waals surface area contributed by atoms with Crippen LogP contribution in [0, 0.1) is 11.3 Å². The number of aryl methyl sites for hydroxylation is 1. The van der Waals surface area contributed by atoms with Crippen LogP contribution in [-0.2, 0) is 13.6 Å². The van der Waals surface area contributed by atoms with Crippen LogP contribution in [0.5, 0.6) is 11.5 Å². The molecular formula is C19H17N5O2. The zero-order valence-corrected chi connectivity index (χ0v) is 14.1. The summed E-state index contributed by atoms with van der Waals surface area (Å²) in [5, 5.41) is 18.4. The van der Waals surface area contributed by atoms with Crippen molar-refractivity contribution < 1.29 is 9.53 Å². The standard InChI is InChI=1S/C19H17N5O2/c1-24-16(10-11-22-24)13-21-19(25)23-15-4-8-18(9-5-15)26-17-6-2-14(12-20)3-7-17/h2-11H,13H2,1H3,(H2,21,23,25). The molecule has 0 aliphatic rings. The summed E-state index contributed by atoms with van der Waals surface area (Å²) < 4.78 is 7.40. The number of nitriles is 1. The van der Waals surface area contributed by atoms with Gasteiger partial charge in [-0.25, -0.2) is 4.79 Å². The number of hydrogen-bond acceptors (Lipinski definition) is 4. The van der Waals surface area contributed by atoms with Crippen molar-refractivity contribution in [1.82, 2.24) is 15.1 Å². The normalized spacial score (nSPS) is 10.0. The van der Waals surface area contributed by atoms with Gasteiger partial charge in [-0.1, -0.05) is 0 Å². The topological polar surface area (TPSA) is 92.0 Å². The van der Waals surface area contributed by atoms with E-state index >= 15 is 0 Å². The molecule has 0 saturated heterocycles. The van der Waals surface area contributed by atoms with E-state index in [9.17, 15) is 4.79 Å². The number of carbonyl (C=O) groups is 1. The molecule has 0 bridgehead atoms. The summed E-state index contributed by atoms with van der Waals surface area (Å²) in [5.41, 5.74) is 2.14. The Morgan fingerprint density at radius 1 is 1.12 bits per heavy atom. The second-order valence-electron chi connectivity index (χ2n) is 5.52. The number of carbonyl (C=O) groups excluding carboxylic acids is 1. The van der Waals surface area contributed by atoms with Gasteiger partial charge in [-0.2, -0.15) is 10.4 Å². The molecular weight excluding hydrogens is 330 g/mol. The third-order valence-corrected chi connectivity index (χ3v) is 3.68. The van der Waals surface area contributed by atoms with Crippen LogP contribution in [-0.4, -0.2) is 15.8 Å². The van der Waals surface area contributed by atoms with Crippen molar-refractivity contribution in [2.75, 3.05) is 5.32 Å². The van der Waals surface area contributed by atoms with E-state index in [0.717, 1.165) is 5.69 Å². The molecule has 26 heavy (non-hydrogen) atoms. The van der Waals surface area contributed by atoms with E-state index in [2.05, 4.69) is 21.8 Å². The Morgan fingerprint density at radius 3 is 2.35 bits per heavy atom. The van der Waals surface area contributed by atoms with Crippen molar-refractivity contribution in [1.29, 1.82) is 5.26 Å². The first-order valence-corrected chi connectivity index (χ1v) is 7.94. The first-order valence-electron chi connectivity index (χ1n) is 7.94. The Bertz CT molecular complexity index is 924. The van der Waals surface area contributed by atoms with Gasteiger partial charge in [0.05, 0.1) is 23.9 Å². The van der Waals surface area contributed by atoms with Crippen LogP contribution in [0.4, 0.5) is 10.5 Å². The van der Waals surface area contributed by atoms with E-state index in [-0.39, 0.29) is 6.03 Å². The summed E-state index contributed by atoms with van der Waals surface area (Å²) in [6.45, 7) is 0.391. The Kier molecular flexibility index (Phi) is 5.15. The molecule has 0 aliphatic heterocycles. The molecule has 0 aliphatic carbocycles. The largest absolute Gasteiger partial charge is 0.457 e. The van der Waals surface area contributed by atoms with Crippen molar-refractivity contribution >= 4 is 11.7 Å². The summed E-state index contributed by atoms with van der Waals surface area (Å²) in [7, 11) is 1.82. The fraction of sp³-hybridized carbons (Fsp3) is 0.105. The number of ether oxygens (including phenoxy) is 1. The second-order valence-corrected chi connectivity index (χ2v) is 5.52. The molecule has 7 heteroatoms. The highest BCUT2D eigenvalue weighted by Gasteiger charge is 2.04. The van der Waals surface area contributed by atoms with Crippen molar-refractivity contribution in [3.8, 4) is 17.6 Å².